The molecule has 6 heteroatoms. The maximum absolute atomic E-state index is 12.1. The van der Waals surface area contributed by atoms with Crippen LogP contribution in [0.4, 0.5) is 4.79 Å². The first-order valence-corrected chi connectivity index (χ1v) is 7.68. The van der Waals surface area contributed by atoms with E-state index in [1.54, 1.807) is 7.11 Å². The monoisotopic (exact) mass is 299 g/mol. The Balaban J connectivity index is 2.54. The van der Waals surface area contributed by atoms with E-state index in [4.69, 9.17) is 4.74 Å². The highest BCUT2D eigenvalue weighted by molar-refractivity contribution is 5.87. The molecule has 1 aliphatic heterocycles. The predicted molar refractivity (Wildman–Crippen MR) is 82.1 cm³/mol. The van der Waals surface area contributed by atoms with Gasteiger partial charge in [-0.3, -0.25) is 4.79 Å². The van der Waals surface area contributed by atoms with Crippen LogP contribution in [0.15, 0.2) is 0 Å². The highest BCUT2D eigenvalue weighted by Crippen LogP contribution is 2.21. The Morgan fingerprint density at radius 3 is 2.76 bits per heavy atom. The quantitative estimate of drug-likeness (QED) is 0.718. The molecule has 0 aromatic heterocycles. The average molecular weight is 299 g/mol. The third-order valence-corrected chi connectivity index (χ3v) is 3.80. The van der Waals surface area contributed by atoms with Gasteiger partial charge in [0.25, 0.3) is 0 Å². The fourth-order valence-corrected chi connectivity index (χ4v) is 2.39. The molecule has 0 bridgehead atoms. The molecule has 0 aromatic rings. The van der Waals surface area contributed by atoms with Crippen LogP contribution in [0, 0.1) is 5.41 Å². The molecule has 3 N–H and O–H groups in total. The molecule has 21 heavy (non-hydrogen) atoms. The van der Waals surface area contributed by atoms with Gasteiger partial charge in [-0.25, -0.2) is 4.79 Å². The minimum absolute atomic E-state index is 0.00807. The fraction of sp³-hybridized carbons (Fsp3) is 0.867. The second kappa shape index (κ2) is 8.22. The molecule has 1 rings (SSSR count). The van der Waals surface area contributed by atoms with Crippen LogP contribution in [-0.4, -0.2) is 44.3 Å². The van der Waals surface area contributed by atoms with Crippen LogP contribution in [0.2, 0.25) is 0 Å². The van der Waals surface area contributed by atoms with Crippen molar-refractivity contribution >= 4 is 11.9 Å². The van der Waals surface area contributed by atoms with Gasteiger partial charge in [-0.1, -0.05) is 20.8 Å². The Hall–Kier alpha value is -1.30. The molecule has 0 saturated carbocycles. The molecule has 122 valence electrons. The van der Waals surface area contributed by atoms with Crippen LogP contribution >= 0.6 is 0 Å². The molecule has 1 fully saturated rings. The maximum Gasteiger partial charge on any atom is 0.315 e. The lowest BCUT2D eigenvalue weighted by molar-refractivity contribution is -0.122. The Labute approximate surface area is 127 Å². The minimum Gasteiger partial charge on any atom is -0.385 e. The zero-order valence-electron chi connectivity index (χ0n) is 13.6. The van der Waals surface area contributed by atoms with Crippen molar-refractivity contribution in [2.24, 2.45) is 5.41 Å². The van der Waals surface area contributed by atoms with Gasteiger partial charge in [0.1, 0.15) is 6.04 Å². The van der Waals surface area contributed by atoms with E-state index in [9.17, 15) is 9.59 Å². The number of carbonyl (C=O) groups excluding carboxylic acids is 2. The largest absolute Gasteiger partial charge is 0.385 e. The number of urea groups is 1. The summed E-state index contributed by atoms with van der Waals surface area (Å²) in [5.41, 5.74) is -0.0679. The highest BCUT2D eigenvalue weighted by atomic mass is 16.5. The molecule has 0 unspecified atom stereocenters. The standard InChI is InChI=1S/C15H29N3O3/c1-15(2,3)12(8-10-21-4)18-14(20)17-11-7-5-6-9-16-13(11)19/h11-12H,5-10H2,1-4H3,(H,16,19)(H2,17,18,20)/t11-,12+/m1/s1. The predicted octanol–water partition coefficient (Wildman–Crippen LogP) is 1.41. The van der Waals surface area contributed by atoms with Crippen LogP contribution in [0.1, 0.15) is 46.5 Å². The summed E-state index contributed by atoms with van der Waals surface area (Å²) in [5.74, 6) is -0.0909. The van der Waals surface area contributed by atoms with Gasteiger partial charge in [-0.15, -0.1) is 0 Å². The fourth-order valence-electron chi connectivity index (χ4n) is 2.39. The molecule has 1 aliphatic rings. The molecule has 0 spiro atoms. The van der Waals surface area contributed by atoms with Crippen molar-refractivity contribution in [3.8, 4) is 0 Å². The van der Waals surface area contributed by atoms with Crippen molar-refractivity contribution in [1.29, 1.82) is 0 Å². The van der Waals surface area contributed by atoms with E-state index in [2.05, 4.69) is 36.7 Å². The third-order valence-electron chi connectivity index (χ3n) is 3.80. The van der Waals surface area contributed by atoms with Gasteiger partial charge in [0.05, 0.1) is 0 Å². The molecule has 1 saturated heterocycles. The first-order valence-electron chi connectivity index (χ1n) is 7.68. The van der Waals surface area contributed by atoms with E-state index in [0.717, 1.165) is 19.3 Å². The normalized spacial score (nSPS) is 21.1. The summed E-state index contributed by atoms with van der Waals surface area (Å²) < 4.78 is 5.10. The lowest BCUT2D eigenvalue weighted by Gasteiger charge is -2.32. The Morgan fingerprint density at radius 1 is 1.43 bits per heavy atom. The summed E-state index contributed by atoms with van der Waals surface area (Å²) in [5, 5.41) is 8.57. The van der Waals surface area contributed by atoms with Gasteiger partial charge >= 0.3 is 6.03 Å². The molecule has 0 aromatic carbocycles. The van der Waals surface area contributed by atoms with Gasteiger partial charge in [0.2, 0.25) is 5.91 Å². The number of nitrogens with one attached hydrogen (secondary N) is 3. The van der Waals surface area contributed by atoms with Crippen molar-refractivity contribution in [3.05, 3.63) is 0 Å². The molecule has 6 nitrogen and oxygen atoms in total. The molecule has 2 atom stereocenters. The number of rotatable bonds is 5. The first kappa shape index (κ1) is 17.8. The maximum atomic E-state index is 12.1. The summed E-state index contributed by atoms with van der Waals surface area (Å²) in [6.07, 6.45) is 3.34. The van der Waals surface area contributed by atoms with Gasteiger partial charge < -0.3 is 20.7 Å². The summed E-state index contributed by atoms with van der Waals surface area (Å²) in [6.45, 7) is 7.51. The highest BCUT2D eigenvalue weighted by Gasteiger charge is 2.28. The summed E-state index contributed by atoms with van der Waals surface area (Å²) >= 11 is 0. The van der Waals surface area contributed by atoms with Crippen molar-refractivity contribution in [2.75, 3.05) is 20.3 Å². The molecule has 1 heterocycles. The number of hydrogen-bond acceptors (Lipinski definition) is 3. The SMILES string of the molecule is COCC[C@H](NC(=O)N[C@@H]1CCCCNC1=O)C(C)(C)C. The second-order valence-electron chi connectivity index (χ2n) is 6.66. The number of hydrogen-bond donors (Lipinski definition) is 3. The van der Waals surface area contributed by atoms with E-state index in [0.29, 0.717) is 19.6 Å². The molecule has 0 aliphatic carbocycles. The van der Waals surface area contributed by atoms with E-state index < -0.39 is 6.04 Å². The molecular formula is C15H29N3O3. The Kier molecular flexibility index (Phi) is 6.95. The third kappa shape index (κ3) is 6.33. The summed E-state index contributed by atoms with van der Waals surface area (Å²) in [7, 11) is 1.65. The topological polar surface area (TPSA) is 79.5 Å². The molecule has 0 radical (unpaired) electrons. The van der Waals surface area contributed by atoms with Gasteiger partial charge in [0.15, 0.2) is 0 Å². The molecule has 3 amide bonds. The average Bonchev–Trinajstić information content (AvgIpc) is 2.59. The number of methoxy groups -OCH3 is 1. The van der Waals surface area contributed by atoms with Crippen LogP contribution in [0.3, 0.4) is 0 Å². The number of ether oxygens (including phenoxy) is 1. The Morgan fingerprint density at radius 2 is 2.14 bits per heavy atom. The van der Waals surface area contributed by atoms with Crippen molar-refractivity contribution in [2.45, 2.75) is 58.5 Å². The smallest absolute Gasteiger partial charge is 0.315 e. The van der Waals surface area contributed by atoms with Crippen molar-refractivity contribution in [1.82, 2.24) is 16.0 Å². The summed E-state index contributed by atoms with van der Waals surface area (Å²) in [6, 6.07) is -0.727. The molecular weight excluding hydrogens is 270 g/mol. The zero-order chi connectivity index (χ0) is 15.9. The van der Waals surface area contributed by atoms with Gasteiger partial charge in [-0.05, 0) is 31.1 Å². The number of amides is 3. The van der Waals surface area contributed by atoms with Gasteiger partial charge in [0, 0.05) is 26.3 Å². The van der Waals surface area contributed by atoms with E-state index >= 15 is 0 Å². The minimum atomic E-state index is -0.435. The van der Waals surface area contributed by atoms with E-state index in [1.165, 1.54) is 0 Å². The van der Waals surface area contributed by atoms with Crippen LogP contribution in [0.25, 0.3) is 0 Å². The number of carbonyl (C=O) groups is 2. The zero-order valence-corrected chi connectivity index (χ0v) is 13.6. The second-order valence-corrected chi connectivity index (χ2v) is 6.66. The van der Waals surface area contributed by atoms with Gasteiger partial charge in [-0.2, -0.15) is 0 Å². The van der Waals surface area contributed by atoms with Crippen molar-refractivity contribution < 1.29 is 14.3 Å². The summed E-state index contributed by atoms with van der Waals surface area (Å²) in [4.78, 5) is 24.0. The van der Waals surface area contributed by atoms with Crippen LogP contribution in [-0.2, 0) is 9.53 Å². The van der Waals surface area contributed by atoms with E-state index in [1.807, 2.05) is 0 Å². The lowest BCUT2D eigenvalue weighted by Crippen LogP contribution is -2.53. The van der Waals surface area contributed by atoms with E-state index in [-0.39, 0.29) is 23.4 Å². The Bertz CT molecular complexity index is 353. The lowest BCUT2D eigenvalue weighted by atomic mass is 9.85. The van der Waals surface area contributed by atoms with Crippen LogP contribution in [0.5, 0.6) is 0 Å². The van der Waals surface area contributed by atoms with Crippen LogP contribution < -0.4 is 16.0 Å². The first-order chi connectivity index (χ1) is 9.84. The van der Waals surface area contributed by atoms with Crippen molar-refractivity contribution in [3.63, 3.8) is 0 Å².